The van der Waals surface area contributed by atoms with Crippen LogP contribution in [0.1, 0.15) is 34.6 Å². The van der Waals surface area contributed by atoms with Gasteiger partial charge in [-0.15, -0.1) is 0 Å². The molecule has 4 aliphatic rings. The number of hydrogen-bond acceptors (Lipinski definition) is 3. The average molecular weight is 594 g/mol. The van der Waals surface area contributed by atoms with E-state index in [1.54, 1.807) is 6.20 Å². The highest BCUT2D eigenvalue weighted by molar-refractivity contribution is 6.04. The molecule has 46 heavy (non-hydrogen) atoms. The van der Waals surface area contributed by atoms with Crippen LogP contribution in [0.5, 0.6) is 0 Å². The summed E-state index contributed by atoms with van der Waals surface area (Å²) in [7, 11) is 0. The van der Waals surface area contributed by atoms with E-state index in [2.05, 4.69) is 162 Å². The van der Waals surface area contributed by atoms with Crippen molar-refractivity contribution in [3.05, 3.63) is 198 Å². The molecule has 0 fully saturated rings. The highest BCUT2D eigenvalue weighted by atomic mass is 15.0. The quantitative estimate of drug-likeness (QED) is 0.242. The van der Waals surface area contributed by atoms with Gasteiger partial charge in [-0.3, -0.25) is 4.98 Å². The second-order valence-corrected chi connectivity index (χ2v) is 12.3. The van der Waals surface area contributed by atoms with Gasteiger partial charge in [-0.05, 0) is 57.5 Å². The van der Waals surface area contributed by atoms with Crippen LogP contribution in [0.15, 0.2) is 181 Å². The Hall–Kier alpha value is -5.54. The molecule has 0 saturated carbocycles. The van der Waals surface area contributed by atoms with Crippen molar-refractivity contribution in [2.45, 2.75) is 18.4 Å². The zero-order valence-electron chi connectivity index (χ0n) is 25.6. The first kappa shape index (κ1) is 28.0. The molecule has 4 unspecified atom stereocenters. The number of hydrogen-bond donors (Lipinski definition) is 1. The second-order valence-electron chi connectivity index (χ2n) is 12.3. The Labute approximate surface area is 271 Å². The fraction of sp³-hybridized carbons (Fsp3) is 0.116. The van der Waals surface area contributed by atoms with Crippen molar-refractivity contribution in [1.82, 2.24) is 10.3 Å². The van der Waals surface area contributed by atoms with Gasteiger partial charge in [0.25, 0.3) is 0 Å². The number of benzene rings is 3. The number of nitrogens with zero attached hydrogens (tertiary/aromatic N) is 2. The molecule has 4 atom stereocenters. The smallest absolute Gasteiger partial charge is 0.134 e. The van der Waals surface area contributed by atoms with Crippen LogP contribution >= 0.6 is 0 Å². The van der Waals surface area contributed by atoms with Crippen molar-refractivity contribution in [2.24, 2.45) is 16.8 Å². The summed E-state index contributed by atoms with van der Waals surface area (Å²) < 4.78 is 0. The highest BCUT2D eigenvalue weighted by Crippen LogP contribution is 2.34. The molecule has 3 heteroatoms. The first-order chi connectivity index (χ1) is 22.8. The van der Waals surface area contributed by atoms with Gasteiger partial charge in [0, 0.05) is 35.7 Å². The van der Waals surface area contributed by atoms with Crippen LogP contribution in [0, 0.1) is 11.8 Å². The normalized spacial score (nSPS) is 23.0. The van der Waals surface area contributed by atoms with E-state index >= 15 is 0 Å². The molecule has 0 spiro atoms. The van der Waals surface area contributed by atoms with E-state index in [9.17, 15) is 0 Å². The van der Waals surface area contributed by atoms with Gasteiger partial charge in [-0.1, -0.05) is 146 Å². The van der Waals surface area contributed by atoms with Gasteiger partial charge >= 0.3 is 0 Å². The summed E-state index contributed by atoms with van der Waals surface area (Å²) in [4.78, 5) is 9.48. The van der Waals surface area contributed by atoms with Crippen LogP contribution in [0.25, 0.3) is 22.4 Å². The maximum atomic E-state index is 5.19. The zero-order chi connectivity index (χ0) is 30.7. The molecule has 2 heterocycles. The summed E-state index contributed by atoms with van der Waals surface area (Å²) in [5, 5.41) is 3.77. The van der Waals surface area contributed by atoms with Crippen LogP contribution in [0.4, 0.5) is 0 Å². The predicted octanol–water partition coefficient (Wildman–Crippen LogP) is 9.49. The Morgan fingerprint density at radius 2 is 1.37 bits per heavy atom. The van der Waals surface area contributed by atoms with Crippen molar-refractivity contribution in [2.75, 3.05) is 0 Å². The van der Waals surface area contributed by atoms with Crippen LogP contribution in [-0.2, 0) is 0 Å². The number of rotatable bonds is 6. The topological polar surface area (TPSA) is 37.3 Å². The molecule has 3 aliphatic carbocycles. The van der Waals surface area contributed by atoms with Gasteiger partial charge in [0.15, 0.2) is 0 Å². The number of pyridine rings is 1. The average Bonchev–Trinajstić information content (AvgIpc) is 3.15. The minimum absolute atomic E-state index is 0.0141. The number of nitrogens with one attached hydrogen (secondary N) is 1. The number of aromatic nitrogens is 1. The van der Waals surface area contributed by atoms with Gasteiger partial charge in [0.2, 0.25) is 0 Å². The van der Waals surface area contributed by atoms with E-state index in [4.69, 9.17) is 4.99 Å². The van der Waals surface area contributed by atoms with Gasteiger partial charge in [0.1, 0.15) is 5.84 Å². The molecule has 4 aromatic rings. The van der Waals surface area contributed by atoms with E-state index in [1.165, 1.54) is 22.3 Å². The molecule has 1 aromatic heterocycles. The fourth-order valence-corrected chi connectivity index (χ4v) is 6.70. The third-order valence-electron chi connectivity index (χ3n) is 9.32. The lowest BCUT2D eigenvalue weighted by Gasteiger charge is -2.27. The molecule has 3 nitrogen and oxygen atoms in total. The molecule has 8 rings (SSSR count). The maximum Gasteiger partial charge on any atom is 0.134 e. The Morgan fingerprint density at radius 3 is 2.13 bits per heavy atom. The van der Waals surface area contributed by atoms with E-state index < -0.39 is 0 Å². The summed E-state index contributed by atoms with van der Waals surface area (Å²) >= 11 is 0. The molecule has 1 N–H and O–H groups in total. The number of aliphatic imine (C=N–C) groups is 1. The number of fused-ring (bicyclic) bond motifs is 1. The van der Waals surface area contributed by atoms with E-state index in [-0.39, 0.29) is 6.04 Å². The Morgan fingerprint density at radius 1 is 0.609 bits per heavy atom. The first-order valence-corrected chi connectivity index (χ1v) is 16.1. The summed E-state index contributed by atoms with van der Waals surface area (Å²) in [6.07, 6.45) is 29.8. The van der Waals surface area contributed by atoms with Crippen molar-refractivity contribution in [3.63, 3.8) is 0 Å². The third kappa shape index (κ3) is 5.80. The van der Waals surface area contributed by atoms with Crippen molar-refractivity contribution >= 4 is 17.1 Å². The highest BCUT2D eigenvalue weighted by Gasteiger charge is 2.23. The van der Waals surface area contributed by atoms with Crippen LogP contribution in [0.3, 0.4) is 0 Å². The molecular formula is C43H35N3. The van der Waals surface area contributed by atoms with Crippen molar-refractivity contribution in [1.29, 1.82) is 0 Å². The molecule has 222 valence electrons. The molecule has 0 saturated heterocycles. The summed E-state index contributed by atoms with van der Waals surface area (Å²) in [5.41, 5.74) is 10.5. The molecule has 3 aromatic carbocycles. The molecule has 0 radical (unpaired) electrons. The number of allylic oxidation sites excluding steroid dienone is 10. The van der Waals surface area contributed by atoms with Crippen molar-refractivity contribution < 1.29 is 0 Å². The lowest BCUT2D eigenvalue weighted by atomic mass is 9.81. The SMILES string of the molecule is C1=CC2C=CC(c3ccc(C4=NC(c5ccc(-c6cccnc6)cc5)=CC(C5=CCC(c6ccccc6)C=C5)N4)cc3)=CC2C=C1. The number of amidine groups is 1. The van der Waals surface area contributed by atoms with E-state index in [1.807, 2.05) is 12.3 Å². The van der Waals surface area contributed by atoms with E-state index in [0.717, 1.165) is 40.2 Å². The van der Waals surface area contributed by atoms with Gasteiger partial charge < -0.3 is 5.32 Å². The second kappa shape index (κ2) is 12.5. The minimum Gasteiger partial charge on any atom is -0.359 e. The monoisotopic (exact) mass is 593 g/mol. The largest absolute Gasteiger partial charge is 0.359 e. The lowest BCUT2D eigenvalue weighted by molar-refractivity contribution is 0.663. The third-order valence-corrected chi connectivity index (χ3v) is 9.32. The van der Waals surface area contributed by atoms with Crippen molar-refractivity contribution in [3.8, 4) is 11.1 Å². The summed E-state index contributed by atoms with van der Waals surface area (Å²) in [6, 6.07) is 32.3. The predicted molar refractivity (Wildman–Crippen MR) is 191 cm³/mol. The standard InChI is InChI=1S/C43H35N3/c1-2-7-30(8-3-1)32-12-19-35(20-13-32)41-28-42(36-21-14-34(15-22-36)40-11-6-26-44-29-40)46-43(45-41)37-23-16-33(17-24-37)39-25-18-31-9-4-5-10-38(31)27-39/h1-12,14-29,31-32,38,41H,13H2,(H,45,46). The fourth-order valence-electron chi connectivity index (χ4n) is 6.70. The Bertz CT molecular complexity index is 1970. The van der Waals surface area contributed by atoms with E-state index in [0.29, 0.717) is 17.8 Å². The molecule has 0 bridgehead atoms. The zero-order valence-corrected chi connectivity index (χ0v) is 25.6. The molecule has 0 amide bonds. The van der Waals surface area contributed by atoms with Crippen LogP contribution < -0.4 is 5.32 Å². The Balaban J connectivity index is 1.09. The maximum absolute atomic E-state index is 5.19. The van der Waals surface area contributed by atoms with Gasteiger partial charge in [-0.2, -0.15) is 0 Å². The first-order valence-electron chi connectivity index (χ1n) is 16.1. The van der Waals surface area contributed by atoms with Gasteiger partial charge in [0.05, 0.1) is 11.7 Å². The summed E-state index contributed by atoms with van der Waals surface area (Å²) in [6.45, 7) is 0. The Kier molecular flexibility index (Phi) is 7.57. The minimum atomic E-state index is 0.0141. The van der Waals surface area contributed by atoms with Crippen LogP contribution in [-0.4, -0.2) is 16.9 Å². The summed E-state index contributed by atoms with van der Waals surface area (Å²) in [5.74, 6) is 2.17. The molecular weight excluding hydrogens is 558 g/mol. The van der Waals surface area contributed by atoms with Gasteiger partial charge in [-0.25, -0.2) is 4.99 Å². The van der Waals surface area contributed by atoms with Crippen LogP contribution in [0.2, 0.25) is 0 Å². The lowest BCUT2D eigenvalue weighted by Crippen LogP contribution is -2.38. The molecule has 1 aliphatic heterocycles.